The summed E-state index contributed by atoms with van der Waals surface area (Å²) in [4.78, 5) is 14.8. The molecule has 34 heavy (non-hydrogen) atoms. The van der Waals surface area contributed by atoms with Gasteiger partial charge in [0, 0.05) is 44.3 Å². The molecule has 7 fully saturated rings. The van der Waals surface area contributed by atoms with Gasteiger partial charge < -0.3 is 14.2 Å². The van der Waals surface area contributed by atoms with E-state index in [9.17, 15) is 0 Å². The van der Waals surface area contributed by atoms with Crippen LogP contribution in [0.25, 0.3) is 0 Å². The van der Waals surface area contributed by atoms with Crippen molar-refractivity contribution in [2.24, 2.45) is 23.7 Å². The fourth-order valence-electron chi connectivity index (χ4n) is 8.21. The van der Waals surface area contributed by atoms with Gasteiger partial charge in [0.2, 0.25) is 11.6 Å². The Morgan fingerprint density at radius 3 is 2.38 bits per heavy atom. The zero-order valence-electron chi connectivity index (χ0n) is 20.3. The molecule has 2 heterocycles. The van der Waals surface area contributed by atoms with E-state index in [0.29, 0.717) is 17.8 Å². The van der Waals surface area contributed by atoms with Crippen molar-refractivity contribution >= 4 is 0 Å². The third-order valence-electron chi connectivity index (χ3n) is 9.74. The van der Waals surface area contributed by atoms with Gasteiger partial charge in [-0.2, -0.15) is 9.78 Å². The number of morpholine rings is 1. The molecule has 0 amide bonds. The van der Waals surface area contributed by atoms with Crippen LogP contribution in [0, 0.1) is 23.7 Å². The first-order chi connectivity index (χ1) is 16.7. The highest BCUT2D eigenvalue weighted by Crippen LogP contribution is 2.64. The summed E-state index contributed by atoms with van der Waals surface area (Å²) in [5.41, 5.74) is 1.36. The Labute approximate surface area is 203 Å². The van der Waals surface area contributed by atoms with Crippen molar-refractivity contribution < 1.29 is 24.0 Å². The van der Waals surface area contributed by atoms with E-state index in [0.717, 1.165) is 76.3 Å². The van der Waals surface area contributed by atoms with Crippen LogP contribution in [0.4, 0.5) is 0 Å². The first-order valence-electron chi connectivity index (χ1n) is 13.8. The fraction of sp³-hybridized carbons (Fsp3) is 0.786. The number of benzene rings is 1. The summed E-state index contributed by atoms with van der Waals surface area (Å²) in [5, 5.41) is 0. The summed E-state index contributed by atoms with van der Waals surface area (Å²) in [6, 6.07) is 8.73. The highest BCUT2D eigenvalue weighted by molar-refractivity contribution is 5.30. The van der Waals surface area contributed by atoms with Crippen molar-refractivity contribution in [2.75, 3.05) is 39.5 Å². The molecule has 4 bridgehead atoms. The minimum Gasteiger partial charge on any atom is -0.492 e. The lowest BCUT2D eigenvalue weighted by Crippen LogP contribution is -2.59. The van der Waals surface area contributed by atoms with Gasteiger partial charge in [0.15, 0.2) is 0 Å². The summed E-state index contributed by atoms with van der Waals surface area (Å²) in [6.45, 7) is 5.35. The molecule has 8 rings (SSSR count). The standard InChI is InChI=1S/C28H39NO5/c1-2-23(22-3-5-26(6-4-22)31-13-10-29-8-11-30-12-9-29)19-27(7-1)32-28(34-33-27)24-15-20-14-21(17-24)18-25(28)16-20/h3-6,20-21,23-25H,1-2,7-19H2. The van der Waals surface area contributed by atoms with Crippen LogP contribution >= 0.6 is 0 Å². The van der Waals surface area contributed by atoms with Crippen LogP contribution < -0.4 is 4.74 Å². The molecule has 6 heteroatoms. The second-order valence-electron chi connectivity index (χ2n) is 11.9. The largest absolute Gasteiger partial charge is 0.492 e. The molecule has 2 spiro atoms. The lowest BCUT2D eigenvalue weighted by atomic mass is 9.53. The molecule has 0 aromatic heterocycles. The highest BCUT2D eigenvalue weighted by atomic mass is 17.3. The quantitative estimate of drug-likeness (QED) is 0.573. The maximum absolute atomic E-state index is 6.96. The van der Waals surface area contributed by atoms with Crippen LogP contribution in [0.15, 0.2) is 24.3 Å². The molecule has 0 N–H and O–H groups in total. The Hall–Kier alpha value is -1.18. The minimum absolute atomic E-state index is 0.437. The third-order valence-corrected chi connectivity index (χ3v) is 9.74. The molecule has 7 aliphatic rings. The van der Waals surface area contributed by atoms with Crippen molar-refractivity contribution in [1.82, 2.24) is 4.90 Å². The van der Waals surface area contributed by atoms with E-state index in [2.05, 4.69) is 29.2 Å². The second-order valence-corrected chi connectivity index (χ2v) is 11.9. The average Bonchev–Trinajstić information content (AvgIpc) is 3.22. The van der Waals surface area contributed by atoms with E-state index >= 15 is 0 Å². The van der Waals surface area contributed by atoms with E-state index in [1.54, 1.807) is 0 Å². The van der Waals surface area contributed by atoms with Gasteiger partial charge in [-0.3, -0.25) is 4.90 Å². The van der Waals surface area contributed by atoms with Crippen molar-refractivity contribution in [2.45, 2.75) is 75.3 Å². The predicted octanol–water partition coefficient (Wildman–Crippen LogP) is 4.88. The normalized spacial score (nSPS) is 43.7. The average molecular weight is 470 g/mol. The fourth-order valence-corrected chi connectivity index (χ4v) is 8.21. The number of ether oxygens (including phenoxy) is 3. The monoisotopic (exact) mass is 469 g/mol. The summed E-state index contributed by atoms with van der Waals surface area (Å²) in [6.07, 6.45) is 10.6. The van der Waals surface area contributed by atoms with E-state index in [4.69, 9.17) is 24.0 Å². The van der Waals surface area contributed by atoms with Gasteiger partial charge in [0.1, 0.15) is 12.4 Å². The SMILES string of the molecule is c1cc(C2CCCC3(C2)OOC2(O3)C3CC4CC(C3)CC2C4)ccc1OCCN1CCOCC1. The van der Waals surface area contributed by atoms with E-state index < -0.39 is 11.6 Å². The van der Waals surface area contributed by atoms with Gasteiger partial charge in [-0.15, -0.1) is 0 Å². The molecule has 5 aliphatic carbocycles. The first kappa shape index (κ1) is 22.1. The zero-order chi connectivity index (χ0) is 22.6. The molecule has 0 radical (unpaired) electrons. The molecule has 1 aromatic rings. The van der Waals surface area contributed by atoms with Crippen molar-refractivity contribution in [3.63, 3.8) is 0 Å². The Morgan fingerprint density at radius 1 is 0.912 bits per heavy atom. The molecule has 2 saturated heterocycles. The number of nitrogens with zero attached hydrogens (tertiary/aromatic N) is 1. The van der Waals surface area contributed by atoms with Crippen molar-refractivity contribution in [1.29, 1.82) is 0 Å². The molecule has 1 aromatic carbocycles. The molecule has 5 saturated carbocycles. The van der Waals surface area contributed by atoms with Crippen LogP contribution in [0.1, 0.15) is 69.3 Å². The smallest absolute Gasteiger partial charge is 0.210 e. The van der Waals surface area contributed by atoms with E-state index in [-0.39, 0.29) is 0 Å². The summed E-state index contributed by atoms with van der Waals surface area (Å²) < 4.78 is 18.4. The zero-order valence-corrected chi connectivity index (χ0v) is 20.3. The molecule has 2 atom stereocenters. The molecule has 2 unspecified atom stereocenters. The number of hydrogen-bond donors (Lipinski definition) is 0. The molecular formula is C28H39NO5. The molecule has 2 aliphatic heterocycles. The van der Waals surface area contributed by atoms with E-state index in [1.807, 2.05) is 0 Å². The second kappa shape index (κ2) is 8.74. The maximum Gasteiger partial charge on any atom is 0.210 e. The van der Waals surface area contributed by atoms with Gasteiger partial charge in [0.25, 0.3) is 0 Å². The van der Waals surface area contributed by atoms with Crippen molar-refractivity contribution in [3.8, 4) is 5.75 Å². The Balaban J connectivity index is 0.981. The molecule has 6 nitrogen and oxygen atoms in total. The Bertz CT molecular complexity index is 840. The lowest BCUT2D eigenvalue weighted by Gasteiger charge is -2.57. The van der Waals surface area contributed by atoms with E-state index in [1.165, 1.54) is 44.1 Å². The molecular weight excluding hydrogens is 430 g/mol. The van der Waals surface area contributed by atoms with Crippen LogP contribution in [-0.4, -0.2) is 55.9 Å². The predicted molar refractivity (Wildman–Crippen MR) is 126 cm³/mol. The highest BCUT2D eigenvalue weighted by Gasteiger charge is 2.67. The third kappa shape index (κ3) is 3.90. The van der Waals surface area contributed by atoms with Crippen LogP contribution in [0.3, 0.4) is 0 Å². The van der Waals surface area contributed by atoms with Gasteiger partial charge in [-0.05, 0) is 80.4 Å². The van der Waals surface area contributed by atoms with Crippen LogP contribution in [0.2, 0.25) is 0 Å². The summed E-state index contributed by atoms with van der Waals surface area (Å²) in [7, 11) is 0. The van der Waals surface area contributed by atoms with Crippen LogP contribution in [-0.2, 0) is 19.2 Å². The van der Waals surface area contributed by atoms with Gasteiger partial charge >= 0.3 is 0 Å². The maximum atomic E-state index is 6.96. The Morgan fingerprint density at radius 2 is 1.65 bits per heavy atom. The molecule has 186 valence electrons. The summed E-state index contributed by atoms with van der Waals surface area (Å²) in [5.74, 6) is 3.20. The van der Waals surface area contributed by atoms with Crippen LogP contribution in [0.5, 0.6) is 5.75 Å². The number of hydrogen-bond acceptors (Lipinski definition) is 6. The minimum atomic E-state index is -0.564. The van der Waals surface area contributed by atoms with Gasteiger partial charge in [-0.1, -0.05) is 12.1 Å². The first-order valence-corrected chi connectivity index (χ1v) is 13.8. The number of rotatable bonds is 5. The topological polar surface area (TPSA) is 49.4 Å². The lowest BCUT2D eigenvalue weighted by molar-refractivity contribution is -0.390. The van der Waals surface area contributed by atoms with Gasteiger partial charge in [0.05, 0.1) is 13.2 Å². The Kier molecular flexibility index (Phi) is 5.67. The van der Waals surface area contributed by atoms with Gasteiger partial charge in [-0.25, -0.2) is 0 Å². The van der Waals surface area contributed by atoms with Crippen molar-refractivity contribution in [3.05, 3.63) is 29.8 Å². The summed E-state index contributed by atoms with van der Waals surface area (Å²) >= 11 is 0.